The third kappa shape index (κ3) is 2.95. The number of phenols is 1. The van der Waals surface area contributed by atoms with E-state index in [1.807, 2.05) is 0 Å². The molecule has 1 aromatic carbocycles. The van der Waals surface area contributed by atoms with E-state index < -0.39 is 11.8 Å². The molecule has 5 nitrogen and oxygen atoms in total. The van der Waals surface area contributed by atoms with Crippen LogP contribution < -0.4 is 10.6 Å². The first-order chi connectivity index (χ1) is 9.31. The molecule has 1 saturated heterocycles. The highest BCUT2D eigenvalue weighted by Crippen LogP contribution is 2.40. The van der Waals surface area contributed by atoms with Gasteiger partial charge in [-0.15, -0.1) is 0 Å². The second kappa shape index (κ2) is 5.92. The molecule has 0 unspecified atom stereocenters. The average Bonchev–Trinajstić information content (AvgIpc) is 2.34. The minimum Gasteiger partial charge on any atom is -0.506 e. The summed E-state index contributed by atoms with van der Waals surface area (Å²) in [5.74, 6) is -1.23. The molecule has 2 amide bonds. The Morgan fingerprint density at radius 1 is 1.10 bits per heavy atom. The molecule has 9 heteroatoms. The molecule has 1 aliphatic rings. The molecule has 1 fully saturated rings. The van der Waals surface area contributed by atoms with Gasteiger partial charge in [0.2, 0.25) is 0 Å². The Labute approximate surface area is 144 Å². The number of benzene rings is 1. The number of rotatable bonds is 1. The van der Waals surface area contributed by atoms with Crippen molar-refractivity contribution in [3.8, 4) is 5.75 Å². The maximum atomic E-state index is 11.8. The third-order valence-electron chi connectivity index (χ3n) is 2.41. The number of carbonyl (C=O) groups excluding carboxylic acids is 2. The maximum Gasteiger partial charge on any atom is 0.263 e. The van der Waals surface area contributed by atoms with Crippen LogP contribution in [0.25, 0.3) is 6.08 Å². The molecule has 0 spiro atoms. The van der Waals surface area contributed by atoms with E-state index in [2.05, 4.69) is 58.4 Å². The molecule has 20 heavy (non-hydrogen) atoms. The van der Waals surface area contributed by atoms with E-state index in [1.165, 1.54) is 6.08 Å². The number of hydrogen-bond donors (Lipinski definition) is 3. The minimum atomic E-state index is -0.597. The summed E-state index contributed by atoms with van der Waals surface area (Å²) in [5, 5.41) is 14.5. The van der Waals surface area contributed by atoms with E-state index in [-0.39, 0.29) is 16.4 Å². The van der Waals surface area contributed by atoms with Gasteiger partial charge in [-0.05, 0) is 56.2 Å². The van der Waals surface area contributed by atoms with Gasteiger partial charge in [0.05, 0.1) is 8.95 Å². The van der Waals surface area contributed by atoms with Crippen LogP contribution in [0.4, 0.5) is 0 Å². The van der Waals surface area contributed by atoms with Gasteiger partial charge in [0.15, 0.2) is 5.11 Å². The average molecular weight is 485 g/mol. The van der Waals surface area contributed by atoms with Crippen LogP contribution in [0.2, 0.25) is 0 Å². The van der Waals surface area contributed by atoms with Crippen LogP contribution >= 0.6 is 60.0 Å². The van der Waals surface area contributed by atoms with E-state index in [0.717, 1.165) is 0 Å². The van der Waals surface area contributed by atoms with E-state index >= 15 is 0 Å². The summed E-state index contributed by atoms with van der Waals surface area (Å²) in [6.45, 7) is 0. The normalized spacial score (nSPS) is 14.9. The third-order valence-corrected chi connectivity index (χ3v) is 4.68. The quantitative estimate of drug-likeness (QED) is 0.325. The largest absolute Gasteiger partial charge is 0.506 e. The summed E-state index contributed by atoms with van der Waals surface area (Å²) in [5.41, 5.74) is 0.348. The predicted molar refractivity (Wildman–Crippen MR) is 88.1 cm³/mol. The molecule has 2 rings (SSSR count). The molecule has 1 aromatic rings. The smallest absolute Gasteiger partial charge is 0.263 e. The first-order valence-electron chi connectivity index (χ1n) is 5.06. The van der Waals surface area contributed by atoms with E-state index in [1.54, 1.807) is 6.07 Å². The van der Waals surface area contributed by atoms with Crippen LogP contribution in [-0.4, -0.2) is 22.0 Å². The van der Waals surface area contributed by atoms with Crippen molar-refractivity contribution < 1.29 is 14.7 Å². The van der Waals surface area contributed by atoms with Gasteiger partial charge in [-0.25, -0.2) is 0 Å². The zero-order chi connectivity index (χ0) is 15.0. The maximum absolute atomic E-state index is 11.8. The van der Waals surface area contributed by atoms with Crippen molar-refractivity contribution in [2.45, 2.75) is 0 Å². The standard InChI is InChI=1S/C11H5Br3N2O3S/c12-5-2-6(13)8(17)7(14)3(5)1-4-9(18)15-11(20)16-10(4)19/h1-2,17H,(H2,15,16,18,19,20). The molecule has 0 aliphatic carbocycles. The van der Waals surface area contributed by atoms with Gasteiger partial charge in [0.25, 0.3) is 11.8 Å². The summed E-state index contributed by atoms with van der Waals surface area (Å²) in [6, 6.07) is 1.61. The Morgan fingerprint density at radius 3 is 2.20 bits per heavy atom. The lowest BCUT2D eigenvalue weighted by Crippen LogP contribution is -2.51. The van der Waals surface area contributed by atoms with Gasteiger partial charge < -0.3 is 5.11 Å². The van der Waals surface area contributed by atoms with Crippen LogP contribution in [0.5, 0.6) is 5.75 Å². The Hall–Kier alpha value is -0.770. The van der Waals surface area contributed by atoms with Crippen LogP contribution in [-0.2, 0) is 9.59 Å². The molecule has 1 aliphatic heterocycles. The van der Waals surface area contributed by atoms with Gasteiger partial charge >= 0.3 is 0 Å². The van der Waals surface area contributed by atoms with Crippen LogP contribution in [0.15, 0.2) is 25.1 Å². The highest BCUT2D eigenvalue weighted by atomic mass is 79.9. The van der Waals surface area contributed by atoms with Crippen LogP contribution in [0.1, 0.15) is 5.56 Å². The first-order valence-corrected chi connectivity index (χ1v) is 7.84. The summed E-state index contributed by atoms with van der Waals surface area (Å²) in [6.07, 6.45) is 1.35. The topological polar surface area (TPSA) is 78.4 Å². The van der Waals surface area contributed by atoms with E-state index in [9.17, 15) is 14.7 Å². The first kappa shape index (κ1) is 15.6. The minimum absolute atomic E-state index is 0.0334. The van der Waals surface area contributed by atoms with Crippen molar-refractivity contribution >= 4 is 83.0 Å². The molecule has 0 atom stereocenters. The van der Waals surface area contributed by atoms with Crippen molar-refractivity contribution in [3.05, 3.63) is 30.6 Å². The molecular formula is C11H5Br3N2O3S. The summed E-state index contributed by atoms with van der Waals surface area (Å²) < 4.78 is 1.41. The highest BCUT2D eigenvalue weighted by molar-refractivity contribution is 9.11. The van der Waals surface area contributed by atoms with E-state index in [4.69, 9.17) is 12.2 Å². The predicted octanol–water partition coefficient (Wildman–Crippen LogP) is 2.59. The monoisotopic (exact) mass is 482 g/mol. The number of halogens is 3. The van der Waals surface area contributed by atoms with Crippen molar-refractivity contribution in [1.29, 1.82) is 0 Å². The Kier molecular flexibility index (Phi) is 4.62. The number of aromatic hydroxyl groups is 1. The Balaban J connectivity index is 2.56. The van der Waals surface area contributed by atoms with Gasteiger partial charge in [0, 0.05) is 10.0 Å². The SMILES string of the molecule is O=C1NC(=S)NC(=O)C1=Cc1c(Br)cc(Br)c(O)c1Br. The number of amides is 2. The zero-order valence-corrected chi connectivity index (χ0v) is 15.0. The summed E-state index contributed by atoms with van der Waals surface area (Å²) in [4.78, 5) is 23.5. The van der Waals surface area contributed by atoms with Crippen molar-refractivity contribution in [1.82, 2.24) is 10.6 Å². The summed E-state index contributed by atoms with van der Waals surface area (Å²) in [7, 11) is 0. The number of thiocarbonyl (C=S) groups is 1. The zero-order valence-electron chi connectivity index (χ0n) is 9.46. The van der Waals surface area contributed by atoms with Crippen LogP contribution in [0.3, 0.4) is 0 Å². The summed E-state index contributed by atoms with van der Waals surface area (Å²) >= 11 is 14.4. The number of hydrogen-bond acceptors (Lipinski definition) is 4. The molecule has 104 valence electrons. The molecule has 0 saturated carbocycles. The number of nitrogens with one attached hydrogen (secondary N) is 2. The van der Waals surface area contributed by atoms with E-state index in [0.29, 0.717) is 19.0 Å². The highest BCUT2D eigenvalue weighted by Gasteiger charge is 2.26. The lowest BCUT2D eigenvalue weighted by molar-refractivity contribution is -0.123. The van der Waals surface area contributed by atoms with Crippen molar-refractivity contribution in [2.75, 3.05) is 0 Å². The molecule has 3 N–H and O–H groups in total. The fourth-order valence-corrected chi connectivity index (χ4v) is 4.01. The molecular weight excluding hydrogens is 480 g/mol. The van der Waals surface area contributed by atoms with Gasteiger partial charge in [0.1, 0.15) is 11.3 Å². The lowest BCUT2D eigenvalue weighted by Gasteiger charge is -2.17. The molecule has 0 radical (unpaired) electrons. The lowest BCUT2D eigenvalue weighted by atomic mass is 10.1. The molecule has 1 heterocycles. The molecule has 0 aromatic heterocycles. The molecule has 0 bridgehead atoms. The second-order valence-electron chi connectivity index (χ2n) is 3.71. The Bertz CT molecular complexity index is 666. The fourth-order valence-electron chi connectivity index (χ4n) is 1.48. The Morgan fingerprint density at radius 2 is 1.65 bits per heavy atom. The van der Waals surface area contributed by atoms with Gasteiger partial charge in [-0.3, -0.25) is 20.2 Å². The van der Waals surface area contributed by atoms with Gasteiger partial charge in [-0.2, -0.15) is 0 Å². The number of carbonyl (C=O) groups is 2. The number of phenolic OH excluding ortho intramolecular Hbond substituents is 1. The van der Waals surface area contributed by atoms with Crippen molar-refractivity contribution in [2.24, 2.45) is 0 Å². The van der Waals surface area contributed by atoms with Gasteiger partial charge in [-0.1, -0.05) is 15.9 Å². The second-order valence-corrected chi connectivity index (χ2v) is 6.62. The van der Waals surface area contributed by atoms with Crippen molar-refractivity contribution in [3.63, 3.8) is 0 Å². The van der Waals surface area contributed by atoms with Crippen LogP contribution in [0, 0.1) is 0 Å². The fraction of sp³-hybridized carbons (Fsp3) is 0.